The van der Waals surface area contributed by atoms with Gasteiger partial charge >= 0.3 is 0 Å². The normalized spacial score (nSPS) is 28.5. The highest BCUT2D eigenvalue weighted by atomic mass is 16.5. The molecule has 0 heterocycles. The molecule has 0 aliphatic heterocycles. The fourth-order valence-electron chi connectivity index (χ4n) is 2.38. The molecule has 0 spiro atoms. The Hall–Kier alpha value is -0.0800. The van der Waals surface area contributed by atoms with Crippen LogP contribution in [0.3, 0.4) is 0 Å². The summed E-state index contributed by atoms with van der Waals surface area (Å²) in [5.41, 5.74) is 0. The molecule has 2 heteroatoms. The minimum atomic E-state index is 0.558. The van der Waals surface area contributed by atoms with Crippen molar-refractivity contribution in [3.63, 3.8) is 0 Å². The molecule has 1 aliphatic carbocycles. The Morgan fingerprint density at radius 3 is 2.50 bits per heavy atom. The minimum Gasteiger partial charge on any atom is -0.378 e. The Labute approximate surface area is 88.4 Å². The van der Waals surface area contributed by atoms with Gasteiger partial charge in [-0.3, -0.25) is 0 Å². The fraction of sp³-hybridized carbons (Fsp3) is 1.00. The standard InChI is InChI=1S/C12H25NO/c1-4-7-12(13-5-2)10-8-11(9-10)14-6-3/h10-13H,4-9H2,1-3H3. The number of hydrogen-bond acceptors (Lipinski definition) is 2. The van der Waals surface area contributed by atoms with E-state index in [0.29, 0.717) is 6.10 Å². The van der Waals surface area contributed by atoms with E-state index in [4.69, 9.17) is 4.74 Å². The quantitative estimate of drug-likeness (QED) is 0.680. The molecule has 1 N–H and O–H groups in total. The van der Waals surface area contributed by atoms with Gasteiger partial charge in [-0.25, -0.2) is 0 Å². The van der Waals surface area contributed by atoms with Crippen molar-refractivity contribution in [2.24, 2.45) is 5.92 Å². The van der Waals surface area contributed by atoms with Gasteiger partial charge in [-0.15, -0.1) is 0 Å². The lowest BCUT2D eigenvalue weighted by molar-refractivity contribution is -0.0359. The monoisotopic (exact) mass is 199 g/mol. The summed E-state index contributed by atoms with van der Waals surface area (Å²) in [7, 11) is 0. The number of ether oxygens (including phenoxy) is 1. The van der Waals surface area contributed by atoms with Gasteiger partial charge in [0.25, 0.3) is 0 Å². The van der Waals surface area contributed by atoms with E-state index in [9.17, 15) is 0 Å². The van der Waals surface area contributed by atoms with Crippen LogP contribution in [0.1, 0.15) is 46.5 Å². The first kappa shape index (κ1) is 12.0. The second-order valence-corrected chi connectivity index (χ2v) is 4.26. The number of nitrogens with one attached hydrogen (secondary N) is 1. The molecule has 84 valence electrons. The van der Waals surface area contributed by atoms with E-state index >= 15 is 0 Å². The fourth-order valence-corrected chi connectivity index (χ4v) is 2.38. The molecular weight excluding hydrogens is 174 g/mol. The summed E-state index contributed by atoms with van der Waals surface area (Å²) in [6, 6.07) is 0.738. The average Bonchev–Trinajstić information content (AvgIpc) is 2.10. The zero-order chi connectivity index (χ0) is 10.4. The van der Waals surface area contributed by atoms with Gasteiger partial charge in [0.2, 0.25) is 0 Å². The summed E-state index contributed by atoms with van der Waals surface area (Å²) in [5, 5.41) is 3.59. The first-order valence-electron chi connectivity index (χ1n) is 6.16. The molecule has 0 radical (unpaired) electrons. The molecule has 0 amide bonds. The number of hydrogen-bond donors (Lipinski definition) is 1. The van der Waals surface area contributed by atoms with Crippen LogP contribution < -0.4 is 5.32 Å². The van der Waals surface area contributed by atoms with Crippen LogP contribution in [0.25, 0.3) is 0 Å². The topological polar surface area (TPSA) is 21.3 Å². The lowest BCUT2D eigenvalue weighted by atomic mass is 9.76. The van der Waals surface area contributed by atoms with E-state index in [1.165, 1.54) is 25.7 Å². The van der Waals surface area contributed by atoms with Gasteiger partial charge in [0.1, 0.15) is 0 Å². The van der Waals surface area contributed by atoms with Gasteiger partial charge in [0, 0.05) is 12.6 Å². The van der Waals surface area contributed by atoms with E-state index in [1.807, 2.05) is 0 Å². The molecule has 0 bridgehead atoms. The molecule has 0 aromatic rings. The zero-order valence-electron chi connectivity index (χ0n) is 9.88. The third-order valence-corrected chi connectivity index (χ3v) is 3.17. The van der Waals surface area contributed by atoms with Crippen molar-refractivity contribution in [1.82, 2.24) is 5.32 Å². The van der Waals surface area contributed by atoms with Crippen LogP contribution in [-0.4, -0.2) is 25.3 Å². The maximum atomic E-state index is 5.59. The van der Waals surface area contributed by atoms with Crippen molar-refractivity contribution in [2.45, 2.75) is 58.6 Å². The highest BCUT2D eigenvalue weighted by Crippen LogP contribution is 2.34. The highest BCUT2D eigenvalue weighted by molar-refractivity contribution is 4.88. The van der Waals surface area contributed by atoms with Crippen LogP contribution in [0.15, 0.2) is 0 Å². The average molecular weight is 199 g/mol. The summed E-state index contributed by atoms with van der Waals surface area (Å²) in [5.74, 6) is 0.867. The smallest absolute Gasteiger partial charge is 0.0581 e. The van der Waals surface area contributed by atoms with Crippen molar-refractivity contribution < 1.29 is 4.74 Å². The van der Waals surface area contributed by atoms with Crippen LogP contribution in [0.5, 0.6) is 0 Å². The van der Waals surface area contributed by atoms with Crippen molar-refractivity contribution in [1.29, 1.82) is 0 Å². The van der Waals surface area contributed by atoms with E-state index in [0.717, 1.165) is 25.1 Å². The molecule has 1 rings (SSSR count). The first-order valence-corrected chi connectivity index (χ1v) is 6.16. The van der Waals surface area contributed by atoms with Gasteiger partial charge in [0.05, 0.1) is 6.10 Å². The van der Waals surface area contributed by atoms with Crippen LogP contribution in [0.4, 0.5) is 0 Å². The molecule has 1 atom stereocenters. The molecule has 0 saturated heterocycles. The largest absolute Gasteiger partial charge is 0.378 e. The SMILES string of the molecule is CCCC(NCC)C1CC(OCC)C1. The predicted octanol–water partition coefficient (Wildman–Crippen LogP) is 2.58. The second kappa shape index (κ2) is 6.41. The Morgan fingerprint density at radius 2 is 2.00 bits per heavy atom. The zero-order valence-corrected chi connectivity index (χ0v) is 9.88. The second-order valence-electron chi connectivity index (χ2n) is 4.26. The molecule has 0 aromatic heterocycles. The molecule has 1 fully saturated rings. The van der Waals surface area contributed by atoms with Crippen molar-refractivity contribution >= 4 is 0 Å². The lowest BCUT2D eigenvalue weighted by Gasteiger charge is -2.40. The molecule has 1 unspecified atom stereocenters. The van der Waals surface area contributed by atoms with Crippen LogP contribution in [0.2, 0.25) is 0 Å². The molecule has 0 aromatic carbocycles. The van der Waals surface area contributed by atoms with Gasteiger partial charge < -0.3 is 10.1 Å². The lowest BCUT2D eigenvalue weighted by Crippen LogP contribution is -2.45. The number of rotatable bonds is 7. The Kier molecular flexibility index (Phi) is 5.49. The predicted molar refractivity (Wildman–Crippen MR) is 60.5 cm³/mol. The summed E-state index contributed by atoms with van der Waals surface area (Å²) in [6.45, 7) is 8.52. The van der Waals surface area contributed by atoms with Crippen molar-refractivity contribution in [3.8, 4) is 0 Å². The summed E-state index contributed by atoms with van der Waals surface area (Å²) < 4.78 is 5.59. The maximum absolute atomic E-state index is 5.59. The molecular formula is C12H25NO. The van der Waals surface area contributed by atoms with Gasteiger partial charge in [-0.1, -0.05) is 20.3 Å². The van der Waals surface area contributed by atoms with Crippen LogP contribution in [-0.2, 0) is 4.74 Å². The Balaban J connectivity index is 2.19. The molecule has 1 aliphatic rings. The van der Waals surface area contributed by atoms with Crippen LogP contribution in [0, 0.1) is 5.92 Å². The van der Waals surface area contributed by atoms with Crippen molar-refractivity contribution in [3.05, 3.63) is 0 Å². The first-order chi connectivity index (χ1) is 6.81. The summed E-state index contributed by atoms with van der Waals surface area (Å²) in [4.78, 5) is 0. The molecule has 1 saturated carbocycles. The van der Waals surface area contributed by atoms with E-state index < -0.39 is 0 Å². The molecule has 2 nitrogen and oxygen atoms in total. The summed E-state index contributed by atoms with van der Waals surface area (Å²) >= 11 is 0. The minimum absolute atomic E-state index is 0.558. The third-order valence-electron chi connectivity index (χ3n) is 3.17. The van der Waals surface area contributed by atoms with E-state index in [-0.39, 0.29) is 0 Å². The Morgan fingerprint density at radius 1 is 1.29 bits per heavy atom. The highest BCUT2D eigenvalue weighted by Gasteiger charge is 2.34. The van der Waals surface area contributed by atoms with E-state index in [1.54, 1.807) is 0 Å². The van der Waals surface area contributed by atoms with E-state index in [2.05, 4.69) is 26.1 Å². The molecule has 14 heavy (non-hydrogen) atoms. The van der Waals surface area contributed by atoms with Gasteiger partial charge in [-0.2, -0.15) is 0 Å². The van der Waals surface area contributed by atoms with Gasteiger partial charge in [0.15, 0.2) is 0 Å². The Bertz CT molecular complexity index is 137. The third kappa shape index (κ3) is 3.25. The van der Waals surface area contributed by atoms with Crippen molar-refractivity contribution in [2.75, 3.05) is 13.2 Å². The maximum Gasteiger partial charge on any atom is 0.0581 e. The summed E-state index contributed by atoms with van der Waals surface area (Å²) in [6.07, 6.45) is 5.70. The van der Waals surface area contributed by atoms with Crippen LogP contribution >= 0.6 is 0 Å². The van der Waals surface area contributed by atoms with Gasteiger partial charge in [-0.05, 0) is 38.6 Å².